The van der Waals surface area contributed by atoms with Crippen molar-refractivity contribution in [2.45, 2.75) is 49.8 Å². The van der Waals surface area contributed by atoms with Crippen LogP contribution in [0.3, 0.4) is 0 Å². The predicted molar refractivity (Wildman–Crippen MR) is 71.3 cm³/mol. The lowest BCUT2D eigenvalue weighted by Crippen LogP contribution is -2.51. The lowest BCUT2D eigenvalue weighted by atomic mass is 10.0. The number of methoxy groups -OCH3 is 2. The molecule has 0 aromatic carbocycles. The lowest BCUT2D eigenvalue weighted by Gasteiger charge is -2.40. The average molecular weight is 290 g/mol. The first-order chi connectivity index (χ1) is 9.66. The first kappa shape index (κ1) is 16.1. The van der Waals surface area contributed by atoms with Crippen molar-refractivity contribution in [3.05, 3.63) is 0 Å². The van der Waals surface area contributed by atoms with E-state index in [2.05, 4.69) is 0 Å². The highest BCUT2D eigenvalue weighted by Crippen LogP contribution is 2.41. The molecule has 0 aliphatic carbocycles. The number of aliphatic hydroxyl groups excluding tert-OH is 1. The summed E-state index contributed by atoms with van der Waals surface area (Å²) >= 11 is 0. The molecule has 0 radical (unpaired) electrons. The Balaban J connectivity index is 2.08. The summed E-state index contributed by atoms with van der Waals surface area (Å²) in [5, 5.41) is 10.3. The maximum atomic E-state index is 10.3. The fourth-order valence-corrected chi connectivity index (χ4v) is 2.86. The van der Waals surface area contributed by atoms with E-state index in [-0.39, 0.29) is 0 Å². The van der Waals surface area contributed by atoms with Crippen molar-refractivity contribution in [2.75, 3.05) is 40.6 Å². The molecule has 2 rings (SSSR count). The largest absolute Gasteiger partial charge is 0.387 e. The second-order valence-corrected chi connectivity index (χ2v) is 5.42. The third kappa shape index (κ3) is 3.50. The Morgan fingerprint density at radius 3 is 2.40 bits per heavy atom. The third-order valence-corrected chi connectivity index (χ3v) is 4.01. The standard InChI is InChI=1S/C14H26O6/c1-16-10-6-13(5-3-8-18-13)20-14(7-11-17-2)12(15)4-9-19-14/h12,15H,3-11H2,1-2H3. The van der Waals surface area contributed by atoms with Gasteiger partial charge in [-0.3, -0.25) is 0 Å². The molecule has 0 saturated carbocycles. The predicted octanol–water partition coefficient (Wildman–Crippen LogP) is 1.06. The Hall–Kier alpha value is -0.240. The van der Waals surface area contributed by atoms with Gasteiger partial charge in [-0.25, -0.2) is 0 Å². The Bertz CT molecular complexity index is 291. The molecule has 2 fully saturated rings. The minimum atomic E-state index is -1.02. The van der Waals surface area contributed by atoms with Crippen LogP contribution in [0.25, 0.3) is 0 Å². The van der Waals surface area contributed by atoms with Gasteiger partial charge in [0.15, 0.2) is 11.6 Å². The van der Waals surface area contributed by atoms with E-state index in [4.69, 9.17) is 23.7 Å². The van der Waals surface area contributed by atoms with Crippen LogP contribution in [-0.4, -0.2) is 63.4 Å². The van der Waals surface area contributed by atoms with E-state index in [1.807, 2.05) is 0 Å². The summed E-state index contributed by atoms with van der Waals surface area (Å²) in [6.45, 7) is 2.18. The second-order valence-electron chi connectivity index (χ2n) is 5.42. The van der Waals surface area contributed by atoms with Crippen LogP contribution in [0.4, 0.5) is 0 Å². The van der Waals surface area contributed by atoms with Gasteiger partial charge in [0.25, 0.3) is 0 Å². The first-order valence-corrected chi connectivity index (χ1v) is 7.30. The highest BCUT2D eigenvalue weighted by atomic mass is 16.8. The first-order valence-electron chi connectivity index (χ1n) is 7.30. The zero-order valence-electron chi connectivity index (χ0n) is 12.4. The topological polar surface area (TPSA) is 66.4 Å². The summed E-state index contributed by atoms with van der Waals surface area (Å²) in [7, 11) is 3.28. The quantitative estimate of drug-likeness (QED) is 0.721. The van der Waals surface area contributed by atoms with E-state index < -0.39 is 17.7 Å². The van der Waals surface area contributed by atoms with Crippen molar-refractivity contribution >= 4 is 0 Å². The smallest absolute Gasteiger partial charge is 0.199 e. The Labute approximate surface area is 120 Å². The van der Waals surface area contributed by atoms with Gasteiger partial charge in [0.1, 0.15) is 6.10 Å². The number of ether oxygens (including phenoxy) is 5. The van der Waals surface area contributed by atoms with Crippen molar-refractivity contribution in [3.63, 3.8) is 0 Å². The summed E-state index contributed by atoms with van der Waals surface area (Å²) in [5.41, 5.74) is 0. The molecule has 2 heterocycles. The van der Waals surface area contributed by atoms with Gasteiger partial charge in [0.05, 0.1) is 26.4 Å². The Kier molecular flexibility index (Phi) is 5.77. The molecule has 1 N–H and O–H groups in total. The van der Waals surface area contributed by atoms with E-state index in [0.29, 0.717) is 45.7 Å². The van der Waals surface area contributed by atoms with Crippen LogP contribution < -0.4 is 0 Å². The van der Waals surface area contributed by atoms with E-state index in [0.717, 1.165) is 12.8 Å². The normalized spacial score (nSPS) is 37.6. The minimum absolute atomic E-state index is 0.470. The lowest BCUT2D eigenvalue weighted by molar-refractivity contribution is -0.360. The summed E-state index contributed by atoms with van der Waals surface area (Å²) in [5.74, 6) is -1.73. The van der Waals surface area contributed by atoms with Crippen LogP contribution >= 0.6 is 0 Å². The zero-order chi connectivity index (χ0) is 14.5. The molecule has 2 aliphatic heterocycles. The molecule has 118 valence electrons. The SMILES string of the molecule is COCCC1(OC2(CCOC)OCCC2O)CCCO1. The molecule has 0 spiro atoms. The summed E-state index contributed by atoms with van der Waals surface area (Å²) < 4.78 is 28.0. The van der Waals surface area contributed by atoms with E-state index in [1.165, 1.54) is 0 Å². The van der Waals surface area contributed by atoms with Crippen molar-refractivity contribution in [1.82, 2.24) is 0 Å². The summed E-state index contributed by atoms with van der Waals surface area (Å²) in [6.07, 6.45) is 2.78. The van der Waals surface area contributed by atoms with Gasteiger partial charge in [-0.1, -0.05) is 0 Å². The molecule has 3 unspecified atom stereocenters. The fourth-order valence-electron chi connectivity index (χ4n) is 2.86. The molecule has 0 aromatic rings. The Morgan fingerprint density at radius 1 is 1.10 bits per heavy atom. The molecule has 0 amide bonds. The van der Waals surface area contributed by atoms with Crippen LogP contribution in [0, 0.1) is 0 Å². The molecule has 2 saturated heterocycles. The maximum absolute atomic E-state index is 10.3. The van der Waals surface area contributed by atoms with E-state index in [1.54, 1.807) is 14.2 Å². The Morgan fingerprint density at radius 2 is 1.85 bits per heavy atom. The molecule has 0 bridgehead atoms. The van der Waals surface area contributed by atoms with E-state index in [9.17, 15) is 5.11 Å². The fraction of sp³-hybridized carbons (Fsp3) is 1.00. The van der Waals surface area contributed by atoms with Crippen LogP contribution in [0.2, 0.25) is 0 Å². The minimum Gasteiger partial charge on any atom is -0.387 e. The van der Waals surface area contributed by atoms with Crippen molar-refractivity contribution in [1.29, 1.82) is 0 Å². The molecular weight excluding hydrogens is 264 g/mol. The third-order valence-electron chi connectivity index (χ3n) is 4.01. The molecule has 20 heavy (non-hydrogen) atoms. The van der Waals surface area contributed by atoms with Crippen LogP contribution in [0.15, 0.2) is 0 Å². The molecular formula is C14H26O6. The number of hydrogen-bond donors (Lipinski definition) is 1. The molecule has 6 nitrogen and oxygen atoms in total. The molecule has 0 aromatic heterocycles. The van der Waals surface area contributed by atoms with Crippen molar-refractivity contribution < 1.29 is 28.8 Å². The van der Waals surface area contributed by atoms with Gasteiger partial charge in [0.2, 0.25) is 0 Å². The highest BCUT2D eigenvalue weighted by molar-refractivity contribution is 4.89. The molecule has 6 heteroatoms. The summed E-state index contributed by atoms with van der Waals surface area (Å²) in [4.78, 5) is 0. The van der Waals surface area contributed by atoms with Gasteiger partial charge in [-0.2, -0.15) is 0 Å². The monoisotopic (exact) mass is 290 g/mol. The van der Waals surface area contributed by atoms with Crippen LogP contribution in [0.1, 0.15) is 32.1 Å². The van der Waals surface area contributed by atoms with Gasteiger partial charge in [0, 0.05) is 39.9 Å². The number of rotatable bonds is 8. The van der Waals surface area contributed by atoms with Crippen molar-refractivity contribution in [3.8, 4) is 0 Å². The van der Waals surface area contributed by atoms with Crippen LogP contribution in [-0.2, 0) is 23.7 Å². The average Bonchev–Trinajstić information content (AvgIpc) is 3.04. The zero-order valence-corrected chi connectivity index (χ0v) is 12.4. The summed E-state index contributed by atoms with van der Waals surface area (Å²) in [6, 6.07) is 0. The van der Waals surface area contributed by atoms with Crippen LogP contribution in [0.5, 0.6) is 0 Å². The van der Waals surface area contributed by atoms with E-state index >= 15 is 0 Å². The molecule has 2 aliphatic rings. The number of hydrogen-bond acceptors (Lipinski definition) is 6. The maximum Gasteiger partial charge on any atom is 0.199 e. The van der Waals surface area contributed by atoms with Crippen molar-refractivity contribution in [2.24, 2.45) is 0 Å². The van der Waals surface area contributed by atoms with Gasteiger partial charge >= 0.3 is 0 Å². The number of aliphatic hydroxyl groups is 1. The van der Waals surface area contributed by atoms with Gasteiger partial charge in [-0.05, 0) is 6.42 Å². The molecule has 3 atom stereocenters. The van der Waals surface area contributed by atoms with Gasteiger partial charge < -0.3 is 28.8 Å². The second kappa shape index (κ2) is 7.15. The highest BCUT2D eigenvalue weighted by Gasteiger charge is 2.51. The van der Waals surface area contributed by atoms with Gasteiger partial charge in [-0.15, -0.1) is 0 Å².